The van der Waals surface area contributed by atoms with Gasteiger partial charge in [-0.1, -0.05) is 23.2 Å². The van der Waals surface area contributed by atoms with Gasteiger partial charge < -0.3 is 14.6 Å². The molecule has 7 heteroatoms. The van der Waals surface area contributed by atoms with Crippen LogP contribution in [0.1, 0.15) is 17.3 Å². The zero-order valence-corrected chi connectivity index (χ0v) is 15.7. The zero-order valence-electron chi connectivity index (χ0n) is 14.2. The van der Waals surface area contributed by atoms with Crippen molar-refractivity contribution in [3.8, 4) is 5.75 Å². The number of carbonyl (C=O) groups excluding carboxylic acids is 1. The number of fused-ring (bicyclic) bond motifs is 1. The number of rotatable bonds is 4. The minimum atomic E-state index is -0.543. The molecule has 0 atom stereocenters. The number of amides is 1. The number of hydrogen-bond donors (Lipinski definition) is 1. The van der Waals surface area contributed by atoms with Crippen molar-refractivity contribution in [2.45, 2.75) is 6.92 Å². The van der Waals surface area contributed by atoms with E-state index in [0.29, 0.717) is 39.0 Å². The second kappa shape index (κ2) is 7.40. The Bertz CT molecular complexity index is 1060. The minimum Gasteiger partial charge on any atom is -0.494 e. The number of aromatic nitrogens is 1. The Hall–Kier alpha value is -2.50. The lowest BCUT2D eigenvalue weighted by Gasteiger charge is -2.12. The standard InChI is InChI=1S/C19H16Cl2N2O3/c1-3-26-12-5-7-17-13(9-12)18(24)14(10-23(17)2)19(25)22-16-6-4-11(20)8-15(16)21/h4-10H,3H2,1-2H3,(H,22,25). The molecule has 2 aromatic carbocycles. The van der Waals surface area contributed by atoms with Gasteiger partial charge in [-0.3, -0.25) is 9.59 Å². The molecule has 0 bridgehead atoms. The molecule has 1 aromatic heterocycles. The second-order valence-electron chi connectivity index (χ2n) is 5.67. The zero-order chi connectivity index (χ0) is 18.8. The number of nitrogens with zero attached hydrogens (tertiary/aromatic N) is 1. The van der Waals surface area contributed by atoms with E-state index in [9.17, 15) is 9.59 Å². The average molecular weight is 391 g/mol. The number of pyridine rings is 1. The first-order valence-corrected chi connectivity index (χ1v) is 8.69. The first-order chi connectivity index (χ1) is 12.4. The Morgan fingerprint density at radius 3 is 2.65 bits per heavy atom. The molecule has 5 nitrogen and oxygen atoms in total. The van der Waals surface area contributed by atoms with Crippen LogP contribution in [-0.2, 0) is 7.05 Å². The van der Waals surface area contributed by atoms with Crippen molar-refractivity contribution in [3.63, 3.8) is 0 Å². The number of carbonyl (C=O) groups is 1. The van der Waals surface area contributed by atoms with Crippen molar-refractivity contribution in [2.75, 3.05) is 11.9 Å². The lowest BCUT2D eigenvalue weighted by atomic mass is 10.1. The number of hydrogen-bond acceptors (Lipinski definition) is 3. The highest BCUT2D eigenvalue weighted by Gasteiger charge is 2.16. The molecule has 0 unspecified atom stereocenters. The number of anilines is 1. The van der Waals surface area contributed by atoms with Crippen molar-refractivity contribution in [2.24, 2.45) is 7.05 Å². The van der Waals surface area contributed by atoms with Crippen molar-refractivity contribution >= 4 is 45.7 Å². The molecule has 0 aliphatic heterocycles. The molecule has 0 radical (unpaired) electrons. The number of halogens is 2. The van der Waals surface area contributed by atoms with Gasteiger partial charge in [0.1, 0.15) is 11.3 Å². The fraction of sp³-hybridized carbons (Fsp3) is 0.158. The fourth-order valence-corrected chi connectivity index (χ4v) is 3.13. The maximum atomic E-state index is 12.8. The number of ether oxygens (including phenoxy) is 1. The van der Waals surface area contributed by atoms with Gasteiger partial charge in [0.05, 0.1) is 28.2 Å². The third-order valence-corrected chi connectivity index (χ3v) is 4.44. The molecule has 0 spiro atoms. The van der Waals surface area contributed by atoms with Crippen LogP contribution >= 0.6 is 23.2 Å². The average Bonchev–Trinajstić information content (AvgIpc) is 2.60. The van der Waals surface area contributed by atoms with Crippen LogP contribution in [0.3, 0.4) is 0 Å². The van der Waals surface area contributed by atoms with E-state index in [0.717, 1.165) is 0 Å². The van der Waals surface area contributed by atoms with E-state index in [1.165, 1.54) is 12.3 Å². The molecule has 134 valence electrons. The second-order valence-corrected chi connectivity index (χ2v) is 6.52. The van der Waals surface area contributed by atoms with E-state index < -0.39 is 5.91 Å². The smallest absolute Gasteiger partial charge is 0.261 e. The largest absolute Gasteiger partial charge is 0.494 e. The van der Waals surface area contributed by atoms with Gasteiger partial charge in [0.15, 0.2) is 0 Å². The summed E-state index contributed by atoms with van der Waals surface area (Å²) >= 11 is 11.9. The van der Waals surface area contributed by atoms with E-state index in [2.05, 4.69) is 5.32 Å². The van der Waals surface area contributed by atoms with E-state index in [1.807, 2.05) is 6.92 Å². The van der Waals surface area contributed by atoms with Crippen LogP contribution < -0.4 is 15.5 Å². The maximum absolute atomic E-state index is 12.8. The third-order valence-electron chi connectivity index (χ3n) is 3.89. The minimum absolute atomic E-state index is 0.0136. The lowest BCUT2D eigenvalue weighted by Crippen LogP contribution is -2.23. The monoisotopic (exact) mass is 390 g/mol. The quantitative estimate of drug-likeness (QED) is 0.713. The van der Waals surface area contributed by atoms with Crippen LogP contribution in [0.15, 0.2) is 47.4 Å². The summed E-state index contributed by atoms with van der Waals surface area (Å²) in [6.45, 7) is 2.35. The predicted molar refractivity (Wildman–Crippen MR) is 105 cm³/mol. The topological polar surface area (TPSA) is 60.3 Å². The first-order valence-electron chi connectivity index (χ1n) is 7.93. The summed E-state index contributed by atoms with van der Waals surface area (Å²) < 4.78 is 7.18. The molecule has 0 saturated heterocycles. The molecule has 0 fully saturated rings. The molecule has 1 amide bonds. The third kappa shape index (κ3) is 3.54. The van der Waals surface area contributed by atoms with Gasteiger partial charge in [-0.2, -0.15) is 0 Å². The molecule has 3 aromatic rings. The van der Waals surface area contributed by atoms with Gasteiger partial charge in [-0.15, -0.1) is 0 Å². The van der Waals surface area contributed by atoms with E-state index in [4.69, 9.17) is 27.9 Å². The van der Waals surface area contributed by atoms with Gasteiger partial charge in [0.2, 0.25) is 5.43 Å². The van der Waals surface area contributed by atoms with Gasteiger partial charge in [0.25, 0.3) is 5.91 Å². The van der Waals surface area contributed by atoms with E-state index >= 15 is 0 Å². The molecular weight excluding hydrogens is 375 g/mol. The molecular formula is C19H16Cl2N2O3. The van der Waals surface area contributed by atoms with Crippen LogP contribution in [0, 0.1) is 0 Å². The van der Waals surface area contributed by atoms with E-state index in [-0.39, 0.29) is 11.0 Å². The first kappa shape index (κ1) is 18.3. The van der Waals surface area contributed by atoms with Crippen LogP contribution in [0.4, 0.5) is 5.69 Å². The lowest BCUT2D eigenvalue weighted by molar-refractivity contribution is 0.102. The van der Waals surface area contributed by atoms with Crippen molar-refractivity contribution in [3.05, 3.63) is 68.4 Å². The Kier molecular flexibility index (Phi) is 5.20. The summed E-state index contributed by atoms with van der Waals surface area (Å²) in [5, 5.41) is 3.81. The Balaban J connectivity index is 2.05. The molecule has 3 rings (SSSR count). The van der Waals surface area contributed by atoms with E-state index in [1.54, 1.807) is 41.9 Å². The highest BCUT2D eigenvalue weighted by molar-refractivity contribution is 6.36. The van der Waals surface area contributed by atoms with Gasteiger partial charge in [0, 0.05) is 18.3 Å². The Labute approximate surface area is 160 Å². The molecule has 0 aliphatic carbocycles. The van der Waals surface area contributed by atoms with Crippen LogP contribution in [0.2, 0.25) is 10.0 Å². The number of benzene rings is 2. The van der Waals surface area contributed by atoms with Gasteiger partial charge in [-0.05, 0) is 43.3 Å². The summed E-state index contributed by atoms with van der Waals surface area (Å²) in [5.74, 6) is 0.0361. The van der Waals surface area contributed by atoms with Gasteiger partial charge >= 0.3 is 0 Å². The molecule has 1 N–H and O–H groups in total. The molecule has 1 heterocycles. The van der Waals surface area contributed by atoms with Crippen molar-refractivity contribution < 1.29 is 9.53 Å². The fourth-order valence-electron chi connectivity index (χ4n) is 2.67. The molecule has 0 saturated carbocycles. The summed E-state index contributed by atoms with van der Waals surface area (Å²) in [6, 6.07) is 9.94. The van der Waals surface area contributed by atoms with Crippen molar-refractivity contribution in [1.82, 2.24) is 4.57 Å². The molecule has 0 aliphatic rings. The summed E-state index contributed by atoms with van der Waals surface area (Å²) in [5.41, 5.74) is 0.729. The Morgan fingerprint density at radius 1 is 1.19 bits per heavy atom. The SMILES string of the molecule is CCOc1ccc2c(c1)c(=O)c(C(=O)Nc1ccc(Cl)cc1Cl)cn2C. The highest BCUT2D eigenvalue weighted by atomic mass is 35.5. The summed E-state index contributed by atoms with van der Waals surface area (Å²) in [4.78, 5) is 25.5. The van der Waals surface area contributed by atoms with Crippen molar-refractivity contribution in [1.29, 1.82) is 0 Å². The highest BCUT2D eigenvalue weighted by Crippen LogP contribution is 2.26. The van der Waals surface area contributed by atoms with Crippen LogP contribution in [0.25, 0.3) is 10.9 Å². The maximum Gasteiger partial charge on any atom is 0.261 e. The number of nitrogens with one attached hydrogen (secondary N) is 1. The van der Waals surface area contributed by atoms with Gasteiger partial charge in [-0.25, -0.2) is 0 Å². The van der Waals surface area contributed by atoms with Crippen LogP contribution in [-0.4, -0.2) is 17.1 Å². The molecule has 26 heavy (non-hydrogen) atoms. The number of aryl methyl sites for hydroxylation is 1. The summed E-state index contributed by atoms with van der Waals surface area (Å²) in [7, 11) is 1.77. The normalized spacial score (nSPS) is 10.8. The summed E-state index contributed by atoms with van der Waals surface area (Å²) in [6.07, 6.45) is 1.50. The Morgan fingerprint density at radius 2 is 1.96 bits per heavy atom. The predicted octanol–water partition coefficient (Wildman–Crippen LogP) is 4.50. The van der Waals surface area contributed by atoms with Crippen LogP contribution in [0.5, 0.6) is 5.75 Å².